The van der Waals surface area contributed by atoms with Crippen molar-refractivity contribution >= 4 is 24.0 Å². The van der Waals surface area contributed by atoms with Crippen molar-refractivity contribution in [2.75, 3.05) is 34.4 Å². The molecular weight excluding hydrogens is 757 g/mol. The van der Waals surface area contributed by atoms with Gasteiger partial charge in [-0.3, -0.25) is 9.59 Å². The van der Waals surface area contributed by atoms with Gasteiger partial charge >= 0.3 is 12.2 Å². The number of aromatic nitrogens is 6. The minimum Gasteiger partial charge on any atom is -0.453 e. The van der Waals surface area contributed by atoms with Crippen molar-refractivity contribution in [3.8, 4) is 33.6 Å². The summed E-state index contributed by atoms with van der Waals surface area (Å²) >= 11 is 0. The van der Waals surface area contributed by atoms with Crippen LogP contribution < -0.4 is 10.6 Å². The van der Waals surface area contributed by atoms with Gasteiger partial charge in [0.05, 0.1) is 68.2 Å². The van der Waals surface area contributed by atoms with Gasteiger partial charge in [-0.05, 0) is 54.9 Å². The number of carbonyl (C=O) groups is 4. The summed E-state index contributed by atoms with van der Waals surface area (Å²) in [5.41, 5.74) is 6.33. The topological polar surface area (TPSA) is 202 Å². The zero-order valence-corrected chi connectivity index (χ0v) is 33.8. The molecule has 2 aliphatic heterocycles. The molecule has 2 saturated heterocycles. The number of imidazole rings is 3. The van der Waals surface area contributed by atoms with Crippen LogP contribution in [0.15, 0.2) is 73.4 Å². The Morgan fingerprint density at radius 3 is 1.69 bits per heavy atom. The summed E-state index contributed by atoms with van der Waals surface area (Å²) in [7, 11) is 5.88. The second-order valence-corrected chi connectivity index (χ2v) is 14.9. The number of nitrogens with one attached hydrogen (secondary N) is 4. The Kier molecular flexibility index (Phi) is 12.4. The summed E-state index contributed by atoms with van der Waals surface area (Å²) in [4.78, 5) is 75.8. The third kappa shape index (κ3) is 8.99. The third-order valence-corrected chi connectivity index (χ3v) is 11.1. The zero-order chi connectivity index (χ0) is 41.6. The van der Waals surface area contributed by atoms with Crippen LogP contribution in [0.2, 0.25) is 0 Å². The molecule has 310 valence electrons. The Labute approximate surface area is 341 Å². The maximum absolute atomic E-state index is 13.9. The fourth-order valence-electron chi connectivity index (χ4n) is 7.88. The molecule has 2 aromatic carbocycles. The summed E-state index contributed by atoms with van der Waals surface area (Å²) in [6, 6.07) is 14.1. The quantitative estimate of drug-likeness (QED) is 0.127. The molecule has 5 heterocycles. The van der Waals surface area contributed by atoms with Gasteiger partial charge in [0.15, 0.2) is 0 Å². The van der Waals surface area contributed by atoms with E-state index in [4.69, 9.17) is 19.2 Å². The number of alkyl carbamates (subject to hydrolysis) is 2. The molecular formula is C42H50N10O7. The Bertz CT molecular complexity index is 2250. The zero-order valence-electron chi connectivity index (χ0n) is 33.8. The van der Waals surface area contributed by atoms with E-state index in [9.17, 15) is 19.2 Å². The van der Waals surface area contributed by atoms with Gasteiger partial charge in [0.1, 0.15) is 23.7 Å². The molecule has 17 heteroatoms. The van der Waals surface area contributed by atoms with Crippen LogP contribution in [0.4, 0.5) is 9.59 Å². The molecule has 3 aromatic heterocycles. The van der Waals surface area contributed by atoms with Crippen LogP contribution in [0.1, 0.15) is 62.0 Å². The predicted molar refractivity (Wildman–Crippen MR) is 216 cm³/mol. The van der Waals surface area contributed by atoms with E-state index in [0.29, 0.717) is 30.4 Å². The smallest absolute Gasteiger partial charge is 0.407 e. The molecule has 0 aliphatic carbocycles. The average Bonchev–Trinajstić information content (AvgIpc) is 4.12. The van der Waals surface area contributed by atoms with Crippen LogP contribution in [-0.2, 0) is 37.3 Å². The number of amides is 4. The lowest BCUT2D eigenvalue weighted by molar-refractivity contribution is -0.137. The van der Waals surface area contributed by atoms with Crippen LogP contribution >= 0.6 is 0 Å². The maximum Gasteiger partial charge on any atom is 0.407 e. The van der Waals surface area contributed by atoms with E-state index < -0.39 is 30.4 Å². The molecule has 0 unspecified atom stereocenters. The van der Waals surface area contributed by atoms with Crippen LogP contribution in [-0.4, -0.2) is 116 Å². The number of methoxy groups -OCH3 is 3. The largest absolute Gasteiger partial charge is 0.453 e. The van der Waals surface area contributed by atoms with E-state index in [-0.39, 0.29) is 30.3 Å². The van der Waals surface area contributed by atoms with Crippen LogP contribution in [0.3, 0.4) is 0 Å². The van der Waals surface area contributed by atoms with E-state index in [1.807, 2.05) is 37.5 Å². The van der Waals surface area contributed by atoms with E-state index in [2.05, 4.69) is 54.8 Å². The number of carbonyl (C=O) groups excluding carboxylic acids is 4. The van der Waals surface area contributed by atoms with Gasteiger partial charge in [-0.15, -0.1) is 0 Å². The molecule has 5 atom stereocenters. The predicted octanol–water partition coefficient (Wildman–Crippen LogP) is 4.92. The highest BCUT2D eigenvalue weighted by molar-refractivity contribution is 5.87. The number of hydrogen-bond donors (Lipinski definition) is 4. The van der Waals surface area contributed by atoms with Gasteiger partial charge in [-0.2, -0.15) is 0 Å². The van der Waals surface area contributed by atoms with E-state index in [1.165, 1.54) is 21.3 Å². The van der Waals surface area contributed by atoms with E-state index >= 15 is 0 Å². The number of likely N-dealkylation sites (tertiary alicyclic amines) is 2. The molecule has 7 rings (SSSR count). The molecule has 0 saturated carbocycles. The molecule has 0 bridgehead atoms. The van der Waals surface area contributed by atoms with Crippen LogP contribution in [0, 0.1) is 0 Å². The maximum atomic E-state index is 13.9. The SMILES string of the molecule is COC(=O)N[C@H](C(=O)N1CCC[C@H]1c1ncc(-c2ccc(-c3ccc(-c4cnc([C@@H]5CCCN5C(=O)[C@@H](Cc5cn(C)cn5)NC(=O)OC)[nH]4)cc3)cc2)[nH]1)[C@@H](C)OC. The van der Waals surface area contributed by atoms with Crippen LogP contribution in [0.5, 0.6) is 0 Å². The van der Waals surface area contributed by atoms with Crippen molar-refractivity contribution in [1.29, 1.82) is 0 Å². The first-order chi connectivity index (χ1) is 28.6. The standard InChI is InChI=1S/C42H50N10O7/c1-25(57-3)36(49-42(56)59-5)40(54)52-19-7-9-35(52)38-44-22-33(47-38)29-16-12-27(13-17-29)26-10-14-28(15-11-26)32-21-43-37(46-32)34-8-6-18-51(34)39(53)31(48-41(55)58-4)20-30-23-50(2)24-45-30/h10-17,21-25,31,34-36H,6-9,18-20H2,1-5H3,(H,43,46)(H,44,47)(H,48,55)(H,49,56)/t25-,31-,34+,35+,36+/m1/s1. The van der Waals surface area contributed by atoms with Crippen molar-refractivity contribution in [2.24, 2.45) is 7.05 Å². The molecule has 59 heavy (non-hydrogen) atoms. The highest BCUT2D eigenvalue weighted by Gasteiger charge is 2.39. The average molecular weight is 807 g/mol. The number of aromatic amines is 2. The molecule has 2 aliphatic rings. The fourth-order valence-corrected chi connectivity index (χ4v) is 7.88. The summed E-state index contributed by atoms with van der Waals surface area (Å²) in [5.74, 6) is 0.907. The Morgan fingerprint density at radius 2 is 1.22 bits per heavy atom. The number of nitrogens with zero attached hydrogens (tertiary/aromatic N) is 6. The van der Waals surface area contributed by atoms with Crippen molar-refractivity contribution in [3.05, 3.63) is 90.8 Å². The second-order valence-electron chi connectivity index (χ2n) is 14.9. The molecule has 0 spiro atoms. The number of hydrogen-bond acceptors (Lipinski definition) is 10. The van der Waals surface area contributed by atoms with Gasteiger partial charge in [0.2, 0.25) is 11.8 Å². The number of aryl methyl sites for hydroxylation is 1. The number of ether oxygens (including phenoxy) is 3. The molecule has 5 aromatic rings. The molecule has 4 N–H and O–H groups in total. The van der Waals surface area contributed by atoms with E-state index in [0.717, 1.165) is 59.3 Å². The van der Waals surface area contributed by atoms with E-state index in [1.54, 1.807) is 40.0 Å². The van der Waals surface area contributed by atoms with Gasteiger partial charge < -0.3 is 49.2 Å². The number of rotatable bonds is 13. The Morgan fingerprint density at radius 1 is 0.729 bits per heavy atom. The summed E-state index contributed by atoms with van der Waals surface area (Å²) < 4.78 is 16.8. The lowest BCUT2D eigenvalue weighted by atomic mass is 10.0. The Balaban J connectivity index is 1.000. The lowest BCUT2D eigenvalue weighted by Crippen LogP contribution is -2.54. The first-order valence-corrected chi connectivity index (χ1v) is 19.7. The number of H-pyrrole nitrogens is 2. The van der Waals surface area contributed by atoms with Crippen molar-refractivity contribution in [3.63, 3.8) is 0 Å². The van der Waals surface area contributed by atoms with Crippen LogP contribution in [0.25, 0.3) is 33.6 Å². The molecule has 17 nitrogen and oxygen atoms in total. The summed E-state index contributed by atoms with van der Waals surface area (Å²) in [5, 5.41) is 5.32. The fraction of sp³-hybridized carbons (Fsp3) is 0.405. The first-order valence-electron chi connectivity index (χ1n) is 19.7. The van der Waals surface area contributed by atoms with Crippen molar-refractivity contribution < 1.29 is 33.4 Å². The minimum atomic E-state index is -0.901. The molecule has 2 fully saturated rings. The monoisotopic (exact) mass is 806 g/mol. The van der Waals surface area contributed by atoms with Gasteiger partial charge in [-0.25, -0.2) is 24.5 Å². The number of benzene rings is 2. The molecule has 4 amide bonds. The normalized spacial score (nSPS) is 18.0. The first kappa shape index (κ1) is 40.7. The van der Waals surface area contributed by atoms with Crippen molar-refractivity contribution in [2.45, 2.75) is 69.3 Å². The van der Waals surface area contributed by atoms with Gasteiger partial charge in [0.25, 0.3) is 0 Å². The second kappa shape index (κ2) is 18.0. The Hall–Kier alpha value is -6.49. The minimum absolute atomic E-state index is 0.213. The third-order valence-electron chi connectivity index (χ3n) is 11.1. The lowest BCUT2D eigenvalue weighted by Gasteiger charge is -2.30. The highest BCUT2D eigenvalue weighted by Crippen LogP contribution is 2.35. The molecule has 0 radical (unpaired) electrons. The summed E-state index contributed by atoms with van der Waals surface area (Å²) in [6.07, 6.45) is 8.45. The summed E-state index contributed by atoms with van der Waals surface area (Å²) in [6.45, 7) is 2.81. The highest BCUT2D eigenvalue weighted by atomic mass is 16.5. The van der Waals surface area contributed by atoms with Crippen molar-refractivity contribution in [1.82, 2.24) is 49.9 Å². The van der Waals surface area contributed by atoms with Gasteiger partial charge in [-0.1, -0.05) is 48.5 Å². The van der Waals surface area contributed by atoms with Gasteiger partial charge in [0, 0.05) is 39.9 Å².